The van der Waals surface area contributed by atoms with Crippen LogP contribution in [0.4, 0.5) is 0 Å². The van der Waals surface area contributed by atoms with Gasteiger partial charge in [-0.15, -0.1) is 12.6 Å². The lowest BCUT2D eigenvalue weighted by atomic mass is 10.3. The third-order valence-corrected chi connectivity index (χ3v) is 5.14. The van der Waals surface area contributed by atoms with Gasteiger partial charge in [-0.2, -0.15) is 0 Å². The van der Waals surface area contributed by atoms with Crippen LogP contribution >= 0.6 is 12.6 Å². The lowest BCUT2D eigenvalue weighted by Crippen LogP contribution is -2.54. The van der Waals surface area contributed by atoms with Gasteiger partial charge in [-0.05, 0) is 12.1 Å². The lowest BCUT2D eigenvalue weighted by molar-refractivity contribution is 0.140. The fraction of sp³-hybridized carbons (Fsp3) is 0.333. The highest BCUT2D eigenvalue weighted by molar-refractivity contribution is 7.80. The Bertz CT molecular complexity index is 333. The van der Waals surface area contributed by atoms with Crippen molar-refractivity contribution in [3.63, 3.8) is 0 Å². The molecule has 1 aromatic carbocycles. The molecule has 0 saturated heterocycles. The van der Waals surface area contributed by atoms with E-state index >= 15 is 0 Å². The van der Waals surface area contributed by atoms with Gasteiger partial charge in [0.1, 0.15) is 5.75 Å². The van der Waals surface area contributed by atoms with Crippen LogP contribution in [0.1, 0.15) is 0 Å². The van der Waals surface area contributed by atoms with Crippen LogP contribution in [0.25, 0.3) is 0 Å². The number of rotatable bonds is 4. The minimum Gasteiger partial charge on any atom is -0.507 e. The summed E-state index contributed by atoms with van der Waals surface area (Å²) in [5.41, 5.74) is 0. The summed E-state index contributed by atoms with van der Waals surface area (Å²) >= 11 is 4.07. The van der Waals surface area contributed by atoms with E-state index in [0.717, 1.165) is 0 Å². The molecule has 1 rings (SSSR count). The van der Waals surface area contributed by atoms with Crippen LogP contribution in [-0.2, 0) is 13.3 Å². The fourth-order valence-electron chi connectivity index (χ4n) is 1.32. The highest BCUT2D eigenvalue weighted by atomic mass is 32.1. The molecule has 0 unspecified atom stereocenters. The summed E-state index contributed by atoms with van der Waals surface area (Å²) in [6, 6.07) is 4.99. The Morgan fingerprint density at radius 1 is 1.13 bits per heavy atom. The first-order chi connectivity index (χ1) is 7.09. The molecule has 0 aliphatic rings. The molecule has 0 heterocycles. The van der Waals surface area contributed by atoms with E-state index in [9.17, 15) is 5.11 Å². The summed E-state index contributed by atoms with van der Waals surface area (Å²) in [5, 5.41) is 10.2. The van der Waals surface area contributed by atoms with E-state index in [1.807, 2.05) is 0 Å². The molecular formula is C9H14O4SSi. The predicted molar refractivity (Wildman–Crippen MR) is 61.8 cm³/mol. The maximum absolute atomic E-state index is 9.53. The van der Waals surface area contributed by atoms with E-state index < -0.39 is 8.80 Å². The van der Waals surface area contributed by atoms with Gasteiger partial charge in [0.2, 0.25) is 0 Å². The van der Waals surface area contributed by atoms with Gasteiger partial charge in [0.25, 0.3) is 0 Å². The zero-order chi connectivity index (χ0) is 11.5. The van der Waals surface area contributed by atoms with Crippen LogP contribution in [0.2, 0.25) is 0 Å². The van der Waals surface area contributed by atoms with E-state index in [1.165, 1.54) is 21.3 Å². The number of benzene rings is 1. The molecule has 1 N–H and O–H groups in total. The predicted octanol–water partition coefficient (Wildman–Crippen LogP) is 0.766. The number of aromatic hydroxyl groups is 1. The fourth-order valence-corrected chi connectivity index (χ4v) is 3.26. The van der Waals surface area contributed by atoms with E-state index in [2.05, 4.69) is 12.6 Å². The van der Waals surface area contributed by atoms with Gasteiger partial charge in [-0.1, -0.05) is 6.07 Å². The Labute approximate surface area is 95.6 Å². The summed E-state index contributed by atoms with van der Waals surface area (Å²) in [7, 11) is 1.71. The van der Waals surface area contributed by atoms with Gasteiger partial charge in [-0.25, -0.2) is 0 Å². The van der Waals surface area contributed by atoms with Crippen molar-refractivity contribution in [2.24, 2.45) is 0 Å². The minimum atomic E-state index is -2.84. The summed E-state index contributed by atoms with van der Waals surface area (Å²) in [4.78, 5) is 0.505. The van der Waals surface area contributed by atoms with Crippen LogP contribution in [0.5, 0.6) is 5.75 Å². The first kappa shape index (κ1) is 12.5. The van der Waals surface area contributed by atoms with Crippen molar-refractivity contribution in [1.29, 1.82) is 0 Å². The number of thiol groups is 1. The Kier molecular flexibility index (Phi) is 4.18. The maximum atomic E-state index is 9.53. The summed E-state index contributed by atoms with van der Waals surface area (Å²) in [6.45, 7) is 0. The minimum absolute atomic E-state index is 0.0823. The first-order valence-corrected chi connectivity index (χ1v) is 6.44. The smallest absolute Gasteiger partial charge is 0.507 e. The van der Waals surface area contributed by atoms with Gasteiger partial charge in [0.05, 0.1) is 0 Å². The highest BCUT2D eigenvalue weighted by Crippen LogP contribution is 2.20. The number of phenolic OH excluding ortho intramolecular Hbond substituents is 1. The number of hydrogen-bond acceptors (Lipinski definition) is 5. The van der Waals surface area contributed by atoms with Crippen LogP contribution in [0, 0.1) is 0 Å². The topological polar surface area (TPSA) is 47.9 Å². The Balaban J connectivity index is 3.17. The molecule has 15 heavy (non-hydrogen) atoms. The molecule has 84 valence electrons. The van der Waals surface area contributed by atoms with Crippen molar-refractivity contribution in [2.75, 3.05) is 21.3 Å². The van der Waals surface area contributed by atoms with Crippen LogP contribution in [0.3, 0.4) is 0 Å². The second-order valence-electron chi connectivity index (χ2n) is 2.87. The van der Waals surface area contributed by atoms with Crippen LogP contribution < -0.4 is 5.19 Å². The van der Waals surface area contributed by atoms with Gasteiger partial charge in [0, 0.05) is 31.4 Å². The average Bonchev–Trinajstić information content (AvgIpc) is 2.26. The van der Waals surface area contributed by atoms with Gasteiger partial charge in [-0.3, -0.25) is 0 Å². The van der Waals surface area contributed by atoms with Crippen molar-refractivity contribution < 1.29 is 18.4 Å². The quantitative estimate of drug-likeness (QED) is 0.608. The second-order valence-corrected chi connectivity index (χ2v) is 6.27. The number of hydrogen-bond donors (Lipinski definition) is 2. The van der Waals surface area contributed by atoms with Crippen LogP contribution in [-0.4, -0.2) is 35.2 Å². The molecule has 1 aromatic rings. The largest absolute Gasteiger partial charge is 0.536 e. The third-order valence-electron chi connectivity index (χ3n) is 2.14. The van der Waals surface area contributed by atoms with E-state index in [0.29, 0.717) is 10.1 Å². The van der Waals surface area contributed by atoms with E-state index in [4.69, 9.17) is 13.3 Å². The Hall–Kier alpha value is -0.533. The van der Waals surface area contributed by atoms with Gasteiger partial charge < -0.3 is 18.4 Å². The summed E-state index contributed by atoms with van der Waals surface area (Å²) < 4.78 is 15.8. The molecule has 0 aromatic heterocycles. The normalized spacial score (nSPS) is 11.7. The molecule has 0 spiro atoms. The standard InChI is InChI=1S/C9H14O4SSi/c1-11-15(12-2,13-3)7-4-5-9(14)8(10)6-7/h4-6,10,14H,1-3H3. The molecule has 0 aliphatic carbocycles. The molecule has 6 heteroatoms. The molecule has 0 fully saturated rings. The number of phenols is 1. The molecule has 0 radical (unpaired) electrons. The third kappa shape index (κ3) is 2.35. The highest BCUT2D eigenvalue weighted by Gasteiger charge is 2.41. The van der Waals surface area contributed by atoms with Crippen molar-refractivity contribution in [1.82, 2.24) is 0 Å². The van der Waals surface area contributed by atoms with Crippen LogP contribution in [0.15, 0.2) is 23.1 Å². The summed E-state index contributed by atoms with van der Waals surface area (Å²) in [6.07, 6.45) is 0. The Morgan fingerprint density at radius 2 is 1.67 bits per heavy atom. The molecule has 0 bridgehead atoms. The monoisotopic (exact) mass is 246 g/mol. The molecule has 0 aliphatic heterocycles. The van der Waals surface area contributed by atoms with Crippen molar-refractivity contribution >= 4 is 26.6 Å². The molecule has 0 amide bonds. The lowest BCUT2D eigenvalue weighted by Gasteiger charge is -2.24. The maximum Gasteiger partial charge on any atom is 0.536 e. The Morgan fingerprint density at radius 3 is 2.07 bits per heavy atom. The zero-order valence-electron chi connectivity index (χ0n) is 8.85. The summed E-state index contributed by atoms with van der Waals surface area (Å²) in [5.74, 6) is 0.0823. The first-order valence-electron chi connectivity index (χ1n) is 4.27. The second kappa shape index (κ2) is 5.00. The van der Waals surface area contributed by atoms with Gasteiger partial charge in [0.15, 0.2) is 0 Å². The average molecular weight is 246 g/mol. The van der Waals surface area contributed by atoms with Crippen molar-refractivity contribution in [3.8, 4) is 5.75 Å². The molecular weight excluding hydrogens is 232 g/mol. The van der Waals surface area contributed by atoms with E-state index in [-0.39, 0.29) is 5.75 Å². The molecule has 0 atom stereocenters. The SMILES string of the molecule is CO[Si](OC)(OC)c1ccc(S)c(O)c1. The van der Waals surface area contributed by atoms with Crippen molar-refractivity contribution in [3.05, 3.63) is 18.2 Å². The van der Waals surface area contributed by atoms with Gasteiger partial charge >= 0.3 is 8.80 Å². The van der Waals surface area contributed by atoms with E-state index in [1.54, 1.807) is 18.2 Å². The van der Waals surface area contributed by atoms with Crippen molar-refractivity contribution in [2.45, 2.75) is 4.90 Å². The molecule has 4 nitrogen and oxygen atoms in total. The molecule has 0 saturated carbocycles. The zero-order valence-corrected chi connectivity index (χ0v) is 10.7.